The molecule has 0 saturated heterocycles. The molecule has 4 heteroatoms. The van der Waals surface area contributed by atoms with Gasteiger partial charge in [-0.1, -0.05) is 18.2 Å². The van der Waals surface area contributed by atoms with Crippen LogP contribution in [0, 0.1) is 0 Å². The first-order valence-electron chi connectivity index (χ1n) is 6.03. The number of hydrogen-bond donors (Lipinski definition) is 1. The number of hydrogen-bond acceptors (Lipinski definition) is 4. The van der Waals surface area contributed by atoms with Crippen LogP contribution in [0.4, 0.5) is 0 Å². The summed E-state index contributed by atoms with van der Waals surface area (Å²) in [5.74, 6) is 0.917. The van der Waals surface area contributed by atoms with Gasteiger partial charge in [0, 0.05) is 10.9 Å². The van der Waals surface area contributed by atoms with Crippen LogP contribution in [0.25, 0.3) is 0 Å². The second kappa shape index (κ2) is 5.98. The van der Waals surface area contributed by atoms with Gasteiger partial charge in [-0.15, -0.1) is 11.3 Å². The van der Waals surface area contributed by atoms with Gasteiger partial charge in [0.2, 0.25) is 0 Å². The summed E-state index contributed by atoms with van der Waals surface area (Å²) < 4.78 is 5.86. The van der Waals surface area contributed by atoms with Crippen molar-refractivity contribution in [1.82, 2.24) is 10.3 Å². The lowest BCUT2D eigenvalue weighted by Crippen LogP contribution is -2.19. The van der Waals surface area contributed by atoms with E-state index in [4.69, 9.17) is 4.74 Å². The molecule has 18 heavy (non-hydrogen) atoms. The number of rotatable bonds is 5. The molecule has 1 aromatic heterocycles. The average Bonchev–Trinajstić information content (AvgIpc) is 2.85. The van der Waals surface area contributed by atoms with Crippen molar-refractivity contribution in [2.24, 2.45) is 0 Å². The molecule has 0 radical (unpaired) electrons. The minimum absolute atomic E-state index is 0.0752. The molecule has 96 valence electrons. The molecule has 0 aliphatic rings. The summed E-state index contributed by atoms with van der Waals surface area (Å²) in [5, 5.41) is 5.36. The average molecular weight is 262 g/mol. The largest absolute Gasteiger partial charge is 0.491 e. The molecule has 0 fully saturated rings. The predicted molar refractivity (Wildman–Crippen MR) is 75.2 cm³/mol. The third-order valence-electron chi connectivity index (χ3n) is 2.63. The van der Waals surface area contributed by atoms with Gasteiger partial charge in [-0.05, 0) is 27.0 Å². The zero-order valence-electron chi connectivity index (χ0n) is 10.9. The summed E-state index contributed by atoms with van der Waals surface area (Å²) in [7, 11) is 1.94. The van der Waals surface area contributed by atoms with Crippen LogP contribution < -0.4 is 10.1 Å². The van der Waals surface area contributed by atoms with Crippen LogP contribution in [0.2, 0.25) is 0 Å². The van der Waals surface area contributed by atoms with E-state index >= 15 is 0 Å². The van der Waals surface area contributed by atoms with E-state index in [9.17, 15) is 0 Å². The van der Waals surface area contributed by atoms with Gasteiger partial charge in [-0.25, -0.2) is 4.98 Å². The van der Waals surface area contributed by atoms with Crippen molar-refractivity contribution in [1.29, 1.82) is 0 Å². The molecule has 2 aromatic rings. The van der Waals surface area contributed by atoms with E-state index in [-0.39, 0.29) is 12.1 Å². The van der Waals surface area contributed by atoms with Gasteiger partial charge in [0.05, 0.1) is 23.4 Å². The van der Waals surface area contributed by atoms with E-state index in [0.29, 0.717) is 0 Å². The molecule has 1 heterocycles. The monoisotopic (exact) mass is 262 g/mol. The maximum atomic E-state index is 5.86. The van der Waals surface area contributed by atoms with Gasteiger partial charge < -0.3 is 10.1 Å². The van der Waals surface area contributed by atoms with E-state index in [1.54, 1.807) is 11.3 Å². The summed E-state index contributed by atoms with van der Waals surface area (Å²) in [5.41, 5.74) is 4.01. The zero-order chi connectivity index (χ0) is 13.0. The molecule has 0 bridgehead atoms. The highest BCUT2D eigenvalue weighted by atomic mass is 32.1. The topological polar surface area (TPSA) is 34.2 Å². The van der Waals surface area contributed by atoms with Crippen molar-refractivity contribution in [3.63, 3.8) is 0 Å². The Kier molecular flexibility index (Phi) is 4.33. The van der Waals surface area contributed by atoms with Crippen molar-refractivity contribution < 1.29 is 4.74 Å². The Labute approximate surface area is 112 Å². The van der Waals surface area contributed by atoms with Crippen LogP contribution in [0.15, 0.2) is 35.2 Å². The highest BCUT2D eigenvalue weighted by molar-refractivity contribution is 7.07. The van der Waals surface area contributed by atoms with Gasteiger partial charge in [0.15, 0.2) is 0 Å². The molecular formula is C14H18N2OS. The van der Waals surface area contributed by atoms with Gasteiger partial charge >= 0.3 is 0 Å². The van der Waals surface area contributed by atoms with Crippen LogP contribution in [0.3, 0.4) is 0 Å². The number of nitrogens with one attached hydrogen (secondary N) is 1. The maximum absolute atomic E-state index is 5.86. The second-order valence-electron chi connectivity index (χ2n) is 4.34. The number of thiazole rings is 1. The minimum Gasteiger partial charge on any atom is -0.491 e. The van der Waals surface area contributed by atoms with Gasteiger partial charge in [-0.3, -0.25) is 0 Å². The molecule has 3 nitrogen and oxygen atoms in total. The van der Waals surface area contributed by atoms with Gasteiger partial charge in [0.1, 0.15) is 5.75 Å². The highest BCUT2D eigenvalue weighted by Crippen LogP contribution is 2.30. The Bertz CT molecular complexity index is 482. The zero-order valence-corrected chi connectivity index (χ0v) is 11.7. The normalized spacial score (nSPS) is 12.7. The fraction of sp³-hybridized carbons (Fsp3) is 0.357. The lowest BCUT2D eigenvalue weighted by atomic mass is 10.0. The highest BCUT2D eigenvalue weighted by Gasteiger charge is 2.18. The maximum Gasteiger partial charge on any atom is 0.124 e. The Morgan fingerprint density at radius 1 is 1.28 bits per heavy atom. The molecule has 0 amide bonds. The minimum atomic E-state index is 0.0752. The lowest BCUT2D eigenvalue weighted by molar-refractivity contribution is 0.238. The standard InChI is InChI=1S/C14H18N2OS/c1-10(2)17-13-7-5-4-6-11(13)14(15-3)12-8-18-9-16-12/h4-10,14-15H,1-3H3. The fourth-order valence-corrected chi connectivity index (χ4v) is 2.49. The summed E-state index contributed by atoms with van der Waals surface area (Å²) in [6, 6.07) is 8.18. The summed E-state index contributed by atoms with van der Waals surface area (Å²) in [6.07, 6.45) is 0.166. The third kappa shape index (κ3) is 2.89. The molecule has 1 aromatic carbocycles. The quantitative estimate of drug-likeness (QED) is 0.898. The Hall–Kier alpha value is -1.39. The second-order valence-corrected chi connectivity index (χ2v) is 5.06. The van der Waals surface area contributed by atoms with Gasteiger partial charge in [-0.2, -0.15) is 0 Å². The van der Waals surface area contributed by atoms with Crippen molar-refractivity contribution >= 4 is 11.3 Å². The molecule has 1 unspecified atom stereocenters. The lowest BCUT2D eigenvalue weighted by Gasteiger charge is -2.20. The molecule has 2 rings (SSSR count). The van der Waals surface area contributed by atoms with E-state index in [1.807, 2.05) is 44.6 Å². The summed E-state index contributed by atoms with van der Waals surface area (Å²) in [6.45, 7) is 4.07. The smallest absolute Gasteiger partial charge is 0.124 e. The van der Waals surface area contributed by atoms with Crippen LogP contribution in [-0.4, -0.2) is 18.1 Å². The molecule has 0 aliphatic heterocycles. The first kappa shape index (κ1) is 13.1. The van der Waals surface area contributed by atoms with E-state index in [2.05, 4.69) is 21.7 Å². The number of aromatic nitrogens is 1. The summed E-state index contributed by atoms with van der Waals surface area (Å²) in [4.78, 5) is 4.38. The van der Waals surface area contributed by atoms with Crippen LogP contribution in [0.5, 0.6) is 5.75 Å². The molecule has 0 saturated carbocycles. The first-order valence-corrected chi connectivity index (χ1v) is 6.97. The third-order valence-corrected chi connectivity index (χ3v) is 3.23. The molecule has 0 spiro atoms. The summed E-state index contributed by atoms with van der Waals surface area (Å²) >= 11 is 1.61. The number of ether oxygens (including phenoxy) is 1. The molecule has 1 N–H and O–H groups in total. The van der Waals surface area contributed by atoms with Crippen molar-refractivity contribution in [3.05, 3.63) is 46.4 Å². The Morgan fingerprint density at radius 3 is 2.67 bits per heavy atom. The Morgan fingerprint density at radius 2 is 2.06 bits per heavy atom. The molecule has 1 atom stereocenters. The van der Waals surface area contributed by atoms with E-state index < -0.39 is 0 Å². The van der Waals surface area contributed by atoms with Gasteiger partial charge in [0.25, 0.3) is 0 Å². The molecular weight excluding hydrogens is 244 g/mol. The number of nitrogens with zero attached hydrogens (tertiary/aromatic N) is 1. The fourth-order valence-electron chi connectivity index (χ4n) is 1.91. The molecule has 0 aliphatic carbocycles. The number of para-hydroxylation sites is 1. The Balaban J connectivity index is 2.36. The number of benzene rings is 1. The van der Waals surface area contributed by atoms with Crippen LogP contribution in [-0.2, 0) is 0 Å². The van der Waals surface area contributed by atoms with E-state index in [1.165, 1.54) is 0 Å². The van der Waals surface area contributed by atoms with Crippen molar-refractivity contribution in [3.8, 4) is 5.75 Å². The predicted octanol–water partition coefficient (Wildman–Crippen LogP) is 3.24. The van der Waals surface area contributed by atoms with E-state index in [0.717, 1.165) is 17.0 Å². The van der Waals surface area contributed by atoms with Crippen molar-refractivity contribution in [2.75, 3.05) is 7.05 Å². The van der Waals surface area contributed by atoms with Crippen LogP contribution >= 0.6 is 11.3 Å². The SMILES string of the molecule is CNC(c1cscn1)c1ccccc1OC(C)C. The van der Waals surface area contributed by atoms with Crippen molar-refractivity contribution in [2.45, 2.75) is 26.0 Å². The first-order chi connectivity index (χ1) is 8.72. The van der Waals surface area contributed by atoms with Crippen LogP contribution in [0.1, 0.15) is 31.1 Å².